The van der Waals surface area contributed by atoms with E-state index in [1.165, 1.54) is 0 Å². The number of carbonyl (C=O) groups excluding carboxylic acids is 1. The van der Waals surface area contributed by atoms with Gasteiger partial charge in [0.05, 0.1) is 14.2 Å². The Morgan fingerprint density at radius 2 is 1.14 bits per heavy atom. The van der Waals surface area contributed by atoms with Gasteiger partial charge in [-0.05, 0) is 67.6 Å². The van der Waals surface area contributed by atoms with Crippen molar-refractivity contribution in [2.24, 2.45) is 0 Å². The molecule has 4 N–H and O–H groups in total. The summed E-state index contributed by atoms with van der Waals surface area (Å²) in [4.78, 5) is 26.1. The van der Waals surface area contributed by atoms with E-state index in [1.54, 1.807) is 21.1 Å². The zero-order valence-electron chi connectivity index (χ0n) is 20.1. The van der Waals surface area contributed by atoms with Crippen molar-refractivity contribution in [3.63, 3.8) is 0 Å². The Hall–Kier alpha value is -4.86. The predicted octanol–water partition coefficient (Wildman–Crippen LogP) is 4.82. The molecule has 0 bridgehead atoms. The summed E-state index contributed by atoms with van der Waals surface area (Å²) in [5.74, 6) is 2.06. The minimum Gasteiger partial charge on any atom is -0.497 e. The van der Waals surface area contributed by atoms with Gasteiger partial charge in [-0.15, -0.1) is 0 Å². The van der Waals surface area contributed by atoms with Crippen molar-refractivity contribution in [2.45, 2.75) is 13.0 Å². The second kappa shape index (κ2) is 11.5. The van der Waals surface area contributed by atoms with Crippen LogP contribution in [0.15, 0.2) is 78.9 Å². The topological polar surface area (TPSA) is 122 Å². The highest BCUT2D eigenvalue weighted by atomic mass is 16.5. The molecule has 4 rings (SSSR count). The summed E-state index contributed by atoms with van der Waals surface area (Å²) in [6.07, 6.45) is 0. The number of carbonyl (C=O) groups is 1. The van der Waals surface area contributed by atoms with Gasteiger partial charge >= 0.3 is 0 Å². The summed E-state index contributed by atoms with van der Waals surface area (Å²) < 4.78 is 10.4. The van der Waals surface area contributed by atoms with E-state index in [2.05, 4.69) is 36.2 Å². The number of aromatic nitrogens is 3. The molecule has 4 aromatic rings. The maximum Gasteiger partial charge on any atom is 0.246 e. The number of nitrogens with zero attached hydrogens (tertiary/aromatic N) is 3. The average molecular weight is 486 g/mol. The Labute approximate surface area is 209 Å². The number of hydrogen-bond donors (Lipinski definition) is 4. The predicted molar refractivity (Wildman–Crippen MR) is 141 cm³/mol. The van der Waals surface area contributed by atoms with Crippen LogP contribution in [0.5, 0.6) is 11.5 Å². The van der Waals surface area contributed by atoms with E-state index < -0.39 is 6.04 Å². The third-order valence-corrected chi connectivity index (χ3v) is 5.11. The van der Waals surface area contributed by atoms with E-state index in [9.17, 15) is 4.79 Å². The van der Waals surface area contributed by atoms with Crippen molar-refractivity contribution < 1.29 is 14.3 Å². The Kier molecular flexibility index (Phi) is 7.76. The summed E-state index contributed by atoms with van der Waals surface area (Å²) in [5.41, 5.74) is 2.23. The smallest absolute Gasteiger partial charge is 0.246 e. The van der Waals surface area contributed by atoms with Gasteiger partial charge in [-0.1, -0.05) is 18.2 Å². The monoisotopic (exact) mass is 485 g/mol. The van der Waals surface area contributed by atoms with Crippen LogP contribution in [0.4, 0.5) is 34.9 Å². The van der Waals surface area contributed by atoms with E-state index >= 15 is 0 Å². The molecule has 0 aliphatic rings. The SMILES string of the molecule is COc1ccc(Nc2nc(Nc3ccc(OC)cc3)nc(N[C@@H](C)C(=O)Nc3ccccc3)n2)cc1. The van der Waals surface area contributed by atoms with Gasteiger partial charge in [0.15, 0.2) is 0 Å². The van der Waals surface area contributed by atoms with E-state index in [0.29, 0.717) is 17.6 Å². The molecule has 0 saturated carbocycles. The maximum absolute atomic E-state index is 12.7. The number of para-hydroxylation sites is 1. The third-order valence-electron chi connectivity index (χ3n) is 5.11. The number of hydrogen-bond acceptors (Lipinski definition) is 9. The van der Waals surface area contributed by atoms with Gasteiger partial charge in [0, 0.05) is 17.1 Å². The van der Waals surface area contributed by atoms with Crippen molar-refractivity contribution in [1.29, 1.82) is 0 Å². The standard InChI is InChI=1S/C26H27N7O3/c1-17(23(34)28-18-7-5-4-6-8-18)27-24-31-25(29-19-9-13-21(35-2)14-10-19)33-26(32-24)30-20-11-15-22(36-3)16-12-20/h4-17H,1-3H3,(H,28,34)(H3,27,29,30,31,32,33)/t17-/m0/s1. The molecule has 3 aromatic carbocycles. The lowest BCUT2D eigenvalue weighted by atomic mass is 10.2. The molecule has 1 atom stereocenters. The Bertz CT molecular complexity index is 1220. The van der Waals surface area contributed by atoms with Gasteiger partial charge in [-0.2, -0.15) is 15.0 Å². The van der Waals surface area contributed by atoms with E-state index in [-0.39, 0.29) is 11.9 Å². The zero-order valence-corrected chi connectivity index (χ0v) is 20.1. The number of anilines is 6. The van der Waals surface area contributed by atoms with Crippen molar-refractivity contribution in [1.82, 2.24) is 15.0 Å². The molecule has 1 aromatic heterocycles. The molecule has 0 aliphatic carbocycles. The first-order chi connectivity index (χ1) is 17.5. The van der Waals surface area contributed by atoms with E-state index in [0.717, 1.165) is 22.9 Å². The molecule has 1 heterocycles. The summed E-state index contributed by atoms with van der Waals surface area (Å²) in [5, 5.41) is 12.2. The summed E-state index contributed by atoms with van der Waals surface area (Å²) in [7, 11) is 3.22. The molecular formula is C26H27N7O3. The van der Waals surface area contributed by atoms with Gasteiger partial charge in [0.1, 0.15) is 17.5 Å². The first-order valence-electron chi connectivity index (χ1n) is 11.2. The lowest BCUT2D eigenvalue weighted by Crippen LogP contribution is -2.32. The molecule has 0 aliphatic heterocycles. The van der Waals surface area contributed by atoms with Crippen molar-refractivity contribution in [3.05, 3.63) is 78.9 Å². The highest BCUT2D eigenvalue weighted by Crippen LogP contribution is 2.22. The number of methoxy groups -OCH3 is 2. The fourth-order valence-electron chi connectivity index (χ4n) is 3.19. The van der Waals surface area contributed by atoms with E-state index in [1.807, 2.05) is 78.9 Å². The van der Waals surface area contributed by atoms with Crippen LogP contribution in [0, 0.1) is 0 Å². The van der Waals surface area contributed by atoms with Crippen LogP contribution < -0.4 is 30.7 Å². The Morgan fingerprint density at radius 1 is 0.667 bits per heavy atom. The highest BCUT2D eigenvalue weighted by Gasteiger charge is 2.16. The van der Waals surface area contributed by atoms with Crippen molar-refractivity contribution in [2.75, 3.05) is 35.5 Å². The number of amides is 1. The van der Waals surface area contributed by atoms with Crippen molar-refractivity contribution >= 4 is 40.8 Å². The number of benzene rings is 3. The molecule has 0 spiro atoms. The molecule has 36 heavy (non-hydrogen) atoms. The van der Waals surface area contributed by atoms with E-state index in [4.69, 9.17) is 9.47 Å². The van der Waals surface area contributed by atoms with Gasteiger partial charge in [0.25, 0.3) is 0 Å². The fraction of sp³-hybridized carbons (Fsp3) is 0.154. The van der Waals surface area contributed by atoms with Gasteiger partial charge in [-0.3, -0.25) is 4.79 Å². The van der Waals surface area contributed by atoms with Crippen LogP contribution in [-0.2, 0) is 4.79 Å². The Balaban J connectivity index is 1.55. The fourth-order valence-corrected chi connectivity index (χ4v) is 3.19. The number of ether oxygens (including phenoxy) is 2. The van der Waals surface area contributed by atoms with Crippen LogP contribution in [-0.4, -0.2) is 41.1 Å². The van der Waals surface area contributed by atoms with Crippen LogP contribution in [0.3, 0.4) is 0 Å². The zero-order chi connectivity index (χ0) is 25.3. The molecule has 10 nitrogen and oxygen atoms in total. The van der Waals surface area contributed by atoms with Crippen LogP contribution in [0.25, 0.3) is 0 Å². The normalized spacial score (nSPS) is 11.2. The largest absolute Gasteiger partial charge is 0.497 e. The molecule has 0 unspecified atom stereocenters. The molecule has 184 valence electrons. The molecule has 10 heteroatoms. The Morgan fingerprint density at radius 3 is 1.61 bits per heavy atom. The van der Waals surface area contributed by atoms with Gasteiger partial charge in [-0.25, -0.2) is 0 Å². The van der Waals surface area contributed by atoms with Crippen LogP contribution >= 0.6 is 0 Å². The quantitative estimate of drug-likeness (QED) is 0.250. The first kappa shape index (κ1) is 24.3. The van der Waals surface area contributed by atoms with Gasteiger partial charge in [0.2, 0.25) is 23.8 Å². The van der Waals surface area contributed by atoms with Gasteiger partial charge < -0.3 is 30.7 Å². The van der Waals surface area contributed by atoms with Crippen molar-refractivity contribution in [3.8, 4) is 11.5 Å². The molecule has 0 saturated heterocycles. The second-order valence-corrected chi connectivity index (χ2v) is 7.73. The maximum atomic E-state index is 12.7. The molecule has 0 radical (unpaired) electrons. The average Bonchev–Trinajstić information content (AvgIpc) is 2.90. The lowest BCUT2D eigenvalue weighted by molar-refractivity contribution is -0.116. The molecule has 0 fully saturated rings. The first-order valence-corrected chi connectivity index (χ1v) is 11.2. The third kappa shape index (κ3) is 6.60. The number of nitrogens with one attached hydrogen (secondary N) is 4. The molecule has 1 amide bonds. The lowest BCUT2D eigenvalue weighted by Gasteiger charge is -2.16. The minimum absolute atomic E-state index is 0.226. The summed E-state index contributed by atoms with van der Waals surface area (Å²) in [6.45, 7) is 1.73. The summed E-state index contributed by atoms with van der Waals surface area (Å²) >= 11 is 0. The number of rotatable bonds is 10. The van der Waals surface area contributed by atoms with Crippen LogP contribution in [0.1, 0.15) is 6.92 Å². The second-order valence-electron chi connectivity index (χ2n) is 7.73. The summed E-state index contributed by atoms with van der Waals surface area (Å²) in [6, 6.07) is 23.3. The minimum atomic E-state index is -0.615. The highest BCUT2D eigenvalue weighted by molar-refractivity contribution is 5.96. The van der Waals surface area contributed by atoms with Crippen LogP contribution in [0.2, 0.25) is 0 Å². The molecular weight excluding hydrogens is 458 g/mol.